The smallest absolute Gasteiger partial charge is 0.340 e. The Morgan fingerprint density at radius 2 is 1.90 bits per heavy atom. The molecule has 0 spiro atoms. The highest BCUT2D eigenvalue weighted by Gasteiger charge is 2.13. The van der Waals surface area contributed by atoms with Crippen LogP contribution in [0.1, 0.15) is 15.9 Å². The lowest BCUT2D eigenvalue weighted by atomic mass is 10.1. The third-order valence-corrected chi connectivity index (χ3v) is 3.41. The molecule has 2 aromatic carbocycles. The molecular formula is C16H12ClNO2. The molecule has 0 amide bonds. The molecule has 0 fully saturated rings. The summed E-state index contributed by atoms with van der Waals surface area (Å²) in [5, 5.41) is 1.42. The van der Waals surface area contributed by atoms with Crippen molar-refractivity contribution in [1.29, 1.82) is 0 Å². The zero-order valence-corrected chi connectivity index (χ0v) is 11.4. The molecule has 0 aliphatic rings. The van der Waals surface area contributed by atoms with E-state index in [1.807, 2.05) is 36.4 Å². The molecule has 0 aliphatic heterocycles. The molecule has 1 aromatic heterocycles. The van der Waals surface area contributed by atoms with Gasteiger partial charge in [0.05, 0.1) is 16.1 Å². The normalized spacial score (nSPS) is 10.7. The van der Waals surface area contributed by atoms with Crippen molar-refractivity contribution in [3.63, 3.8) is 0 Å². The molecule has 0 atom stereocenters. The summed E-state index contributed by atoms with van der Waals surface area (Å²) in [7, 11) is 0. The third kappa shape index (κ3) is 2.40. The number of H-pyrrole nitrogens is 1. The van der Waals surface area contributed by atoms with Crippen LogP contribution in [0.5, 0.6) is 0 Å². The molecule has 0 radical (unpaired) electrons. The Morgan fingerprint density at radius 3 is 2.70 bits per heavy atom. The maximum absolute atomic E-state index is 12.2. The fourth-order valence-corrected chi connectivity index (χ4v) is 2.30. The number of ether oxygens (including phenoxy) is 1. The van der Waals surface area contributed by atoms with Crippen molar-refractivity contribution in [2.75, 3.05) is 0 Å². The summed E-state index contributed by atoms with van der Waals surface area (Å²) in [5.74, 6) is -0.363. The summed E-state index contributed by atoms with van der Waals surface area (Å²) < 4.78 is 5.33. The van der Waals surface area contributed by atoms with Crippen LogP contribution in [-0.4, -0.2) is 11.0 Å². The summed E-state index contributed by atoms with van der Waals surface area (Å²) in [6.07, 6.45) is 1.67. The van der Waals surface area contributed by atoms with Crippen molar-refractivity contribution in [1.82, 2.24) is 4.98 Å². The first-order valence-electron chi connectivity index (χ1n) is 6.22. The first kappa shape index (κ1) is 12.8. The lowest BCUT2D eigenvalue weighted by molar-refractivity contribution is 0.0475. The Kier molecular flexibility index (Phi) is 3.44. The number of hydrogen-bond donors (Lipinski definition) is 1. The fourth-order valence-electron chi connectivity index (χ4n) is 2.09. The molecule has 0 saturated heterocycles. The second kappa shape index (κ2) is 5.39. The van der Waals surface area contributed by atoms with Gasteiger partial charge in [-0.2, -0.15) is 0 Å². The van der Waals surface area contributed by atoms with Crippen LogP contribution in [0, 0.1) is 0 Å². The number of para-hydroxylation sites is 1. The zero-order chi connectivity index (χ0) is 13.9. The maximum atomic E-state index is 12.2. The van der Waals surface area contributed by atoms with Gasteiger partial charge >= 0.3 is 5.97 Å². The number of carbonyl (C=O) groups excluding carboxylic acids is 1. The van der Waals surface area contributed by atoms with Crippen molar-refractivity contribution >= 4 is 28.5 Å². The van der Waals surface area contributed by atoms with Crippen molar-refractivity contribution in [3.05, 3.63) is 70.9 Å². The first-order valence-corrected chi connectivity index (χ1v) is 6.60. The van der Waals surface area contributed by atoms with Crippen molar-refractivity contribution in [2.45, 2.75) is 6.61 Å². The van der Waals surface area contributed by atoms with E-state index >= 15 is 0 Å². The van der Waals surface area contributed by atoms with Crippen molar-refractivity contribution in [3.8, 4) is 0 Å². The average Bonchev–Trinajstić information content (AvgIpc) is 2.87. The Bertz CT molecular complexity index is 750. The summed E-state index contributed by atoms with van der Waals surface area (Å²) >= 11 is 6.04. The van der Waals surface area contributed by atoms with Crippen LogP contribution < -0.4 is 0 Å². The van der Waals surface area contributed by atoms with Gasteiger partial charge in [0.15, 0.2) is 0 Å². The number of carbonyl (C=O) groups is 1. The molecule has 3 nitrogen and oxygen atoms in total. The molecule has 3 aromatic rings. The molecular weight excluding hydrogens is 274 g/mol. The van der Waals surface area contributed by atoms with Gasteiger partial charge < -0.3 is 9.72 Å². The van der Waals surface area contributed by atoms with E-state index in [1.54, 1.807) is 18.3 Å². The molecule has 3 rings (SSSR count). The second-order valence-corrected chi connectivity index (χ2v) is 4.83. The molecule has 100 valence electrons. The van der Waals surface area contributed by atoms with Crippen LogP contribution in [0.25, 0.3) is 10.9 Å². The number of nitrogens with one attached hydrogen (secondary N) is 1. The molecule has 1 heterocycles. The summed E-state index contributed by atoms with van der Waals surface area (Å²) in [4.78, 5) is 15.2. The highest BCUT2D eigenvalue weighted by Crippen LogP contribution is 2.25. The van der Waals surface area contributed by atoms with Crippen LogP contribution in [0.3, 0.4) is 0 Å². The predicted molar refractivity (Wildman–Crippen MR) is 78.9 cm³/mol. The molecule has 0 bridgehead atoms. The number of aromatic amines is 1. The van der Waals surface area contributed by atoms with E-state index in [9.17, 15) is 4.79 Å². The van der Waals surface area contributed by atoms with Crippen LogP contribution in [0.15, 0.2) is 54.7 Å². The second-order valence-electron chi connectivity index (χ2n) is 4.43. The van der Waals surface area contributed by atoms with Gasteiger partial charge in [0.2, 0.25) is 0 Å². The topological polar surface area (TPSA) is 42.1 Å². The summed E-state index contributed by atoms with van der Waals surface area (Å²) in [5.41, 5.74) is 2.15. The van der Waals surface area contributed by atoms with Gasteiger partial charge in [-0.15, -0.1) is 0 Å². The van der Waals surface area contributed by atoms with Gasteiger partial charge in [-0.3, -0.25) is 0 Å². The number of benzene rings is 2. The Balaban J connectivity index is 1.82. The number of aromatic nitrogens is 1. The standard InChI is InChI=1S/C16H12ClNO2/c17-14-9-18-15-12(14)7-4-8-13(15)16(19)20-10-11-5-2-1-3-6-11/h1-9,18H,10H2. The van der Waals surface area contributed by atoms with Gasteiger partial charge in [-0.25, -0.2) is 4.79 Å². The first-order chi connectivity index (χ1) is 9.75. The fraction of sp³-hybridized carbons (Fsp3) is 0.0625. The number of hydrogen-bond acceptors (Lipinski definition) is 2. The van der Waals surface area contributed by atoms with E-state index in [0.29, 0.717) is 16.1 Å². The van der Waals surface area contributed by atoms with E-state index in [2.05, 4.69) is 4.98 Å². The predicted octanol–water partition coefficient (Wildman–Crippen LogP) is 4.18. The minimum absolute atomic E-state index is 0.254. The largest absolute Gasteiger partial charge is 0.457 e. The number of halogens is 1. The van der Waals surface area contributed by atoms with Crippen LogP contribution in [0.4, 0.5) is 0 Å². The Morgan fingerprint density at radius 1 is 1.10 bits per heavy atom. The lowest BCUT2D eigenvalue weighted by Crippen LogP contribution is -2.05. The molecule has 0 aliphatic carbocycles. The van der Waals surface area contributed by atoms with Gasteiger partial charge in [0.1, 0.15) is 6.61 Å². The number of fused-ring (bicyclic) bond motifs is 1. The van der Waals surface area contributed by atoms with Gasteiger partial charge in [0.25, 0.3) is 0 Å². The number of rotatable bonds is 3. The Hall–Kier alpha value is -2.26. The van der Waals surface area contributed by atoms with Crippen molar-refractivity contribution < 1.29 is 9.53 Å². The van der Waals surface area contributed by atoms with Crippen molar-refractivity contribution in [2.24, 2.45) is 0 Å². The lowest BCUT2D eigenvalue weighted by Gasteiger charge is -2.06. The molecule has 20 heavy (non-hydrogen) atoms. The monoisotopic (exact) mass is 285 g/mol. The SMILES string of the molecule is O=C(OCc1ccccc1)c1cccc2c(Cl)c[nH]c12. The van der Waals surface area contributed by atoms with Gasteiger partial charge in [-0.05, 0) is 11.6 Å². The van der Waals surface area contributed by atoms with Gasteiger partial charge in [-0.1, -0.05) is 54.1 Å². The Labute approximate surface area is 121 Å². The van der Waals surface area contributed by atoms with E-state index in [-0.39, 0.29) is 12.6 Å². The van der Waals surface area contributed by atoms with E-state index in [1.165, 1.54) is 0 Å². The molecule has 4 heteroatoms. The van der Waals surface area contributed by atoms with E-state index in [4.69, 9.17) is 16.3 Å². The zero-order valence-electron chi connectivity index (χ0n) is 10.6. The molecule has 1 N–H and O–H groups in total. The molecule has 0 saturated carbocycles. The van der Waals surface area contributed by atoms with E-state index in [0.717, 1.165) is 10.9 Å². The molecule has 0 unspecified atom stereocenters. The number of esters is 1. The highest BCUT2D eigenvalue weighted by molar-refractivity contribution is 6.36. The quantitative estimate of drug-likeness (QED) is 0.734. The third-order valence-electron chi connectivity index (χ3n) is 3.10. The van der Waals surface area contributed by atoms with E-state index < -0.39 is 0 Å². The highest BCUT2D eigenvalue weighted by atomic mass is 35.5. The minimum atomic E-state index is -0.363. The van der Waals surface area contributed by atoms with Crippen LogP contribution >= 0.6 is 11.6 Å². The van der Waals surface area contributed by atoms with Gasteiger partial charge in [0, 0.05) is 11.6 Å². The summed E-state index contributed by atoms with van der Waals surface area (Å²) in [6.45, 7) is 0.254. The van der Waals surface area contributed by atoms with Crippen LogP contribution in [0.2, 0.25) is 5.02 Å². The minimum Gasteiger partial charge on any atom is -0.457 e. The maximum Gasteiger partial charge on any atom is 0.340 e. The van der Waals surface area contributed by atoms with Crippen LogP contribution in [-0.2, 0) is 11.3 Å². The average molecular weight is 286 g/mol. The summed E-state index contributed by atoms with van der Waals surface area (Å²) in [6, 6.07) is 15.0.